The van der Waals surface area contributed by atoms with Gasteiger partial charge in [0.15, 0.2) is 0 Å². The summed E-state index contributed by atoms with van der Waals surface area (Å²) < 4.78 is 10.8. The molecule has 3 rings (SSSR count). The van der Waals surface area contributed by atoms with Crippen molar-refractivity contribution in [3.63, 3.8) is 0 Å². The van der Waals surface area contributed by atoms with Crippen molar-refractivity contribution in [1.82, 2.24) is 15.1 Å². The van der Waals surface area contributed by atoms with E-state index in [0.717, 1.165) is 31.1 Å². The van der Waals surface area contributed by atoms with Gasteiger partial charge in [0.1, 0.15) is 17.6 Å². The number of nitrogens with zero attached hydrogens (tertiary/aromatic N) is 2. The van der Waals surface area contributed by atoms with Gasteiger partial charge in [0, 0.05) is 31.7 Å². The number of ether oxygens (including phenoxy) is 1. The Kier molecular flexibility index (Phi) is 7.52. The minimum Gasteiger partial charge on any atom is -0.494 e. The van der Waals surface area contributed by atoms with Crippen molar-refractivity contribution in [3.8, 4) is 5.75 Å². The summed E-state index contributed by atoms with van der Waals surface area (Å²) in [7, 11) is 0. The first-order chi connectivity index (χ1) is 14.5. The SMILES string of the molecule is CCOc1ccc(C(=O)NC(C(=O)N2CCN(Cc3ccco3)CC2)C(C)C)cc1. The highest BCUT2D eigenvalue weighted by molar-refractivity contribution is 5.97. The summed E-state index contributed by atoms with van der Waals surface area (Å²) in [5, 5.41) is 2.93. The lowest BCUT2D eigenvalue weighted by atomic mass is 10.0. The molecule has 0 aliphatic carbocycles. The maximum atomic E-state index is 13.1. The maximum absolute atomic E-state index is 13.1. The number of rotatable bonds is 8. The van der Waals surface area contributed by atoms with E-state index in [9.17, 15) is 9.59 Å². The molecule has 1 aliphatic rings. The van der Waals surface area contributed by atoms with E-state index in [1.807, 2.05) is 37.8 Å². The predicted molar refractivity (Wildman–Crippen MR) is 114 cm³/mol. The first-order valence-electron chi connectivity index (χ1n) is 10.5. The fraction of sp³-hybridized carbons (Fsp3) is 0.478. The molecule has 1 N–H and O–H groups in total. The molecule has 1 saturated heterocycles. The predicted octanol–water partition coefficient (Wildman–Crippen LogP) is 2.78. The number of benzene rings is 1. The van der Waals surface area contributed by atoms with Crippen LogP contribution < -0.4 is 10.1 Å². The van der Waals surface area contributed by atoms with Gasteiger partial charge in [0.05, 0.1) is 19.4 Å². The zero-order valence-electron chi connectivity index (χ0n) is 18.0. The number of amides is 2. The molecule has 2 aromatic rings. The number of hydrogen-bond donors (Lipinski definition) is 1. The average molecular weight is 414 g/mol. The van der Waals surface area contributed by atoms with Gasteiger partial charge in [-0.2, -0.15) is 0 Å². The Morgan fingerprint density at radius 1 is 1.10 bits per heavy atom. The molecular formula is C23H31N3O4. The van der Waals surface area contributed by atoms with Gasteiger partial charge in [0.2, 0.25) is 5.91 Å². The third-order valence-electron chi connectivity index (χ3n) is 5.29. The van der Waals surface area contributed by atoms with Crippen molar-refractivity contribution in [3.05, 3.63) is 54.0 Å². The standard InChI is InChI=1S/C23H31N3O4/c1-4-29-19-9-7-18(8-10-19)22(27)24-21(17(2)3)23(28)26-13-11-25(12-14-26)16-20-6-5-15-30-20/h5-10,15,17,21H,4,11-14,16H2,1-3H3,(H,24,27). The van der Waals surface area contributed by atoms with Crippen LogP contribution in [0.1, 0.15) is 36.9 Å². The number of carbonyl (C=O) groups is 2. The third kappa shape index (κ3) is 5.63. The van der Waals surface area contributed by atoms with Crippen LogP contribution in [0, 0.1) is 5.92 Å². The number of piperazine rings is 1. The summed E-state index contributed by atoms with van der Waals surface area (Å²) in [6.45, 7) is 9.98. The highest BCUT2D eigenvalue weighted by atomic mass is 16.5. The van der Waals surface area contributed by atoms with Gasteiger partial charge < -0.3 is 19.4 Å². The Balaban J connectivity index is 1.56. The quantitative estimate of drug-likeness (QED) is 0.720. The Morgan fingerprint density at radius 2 is 1.80 bits per heavy atom. The molecule has 1 atom stereocenters. The van der Waals surface area contributed by atoms with Crippen LogP contribution in [-0.2, 0) is 11.3 Å². The summed E-state index contributed by atoms with van der Waals surface area (Å²) in [5.41, 5.74) is 0.514. The number of hydrogen-bond acceptors (Lipinski definition) is 5. The van der Waals surface area contributed by atoms with E-state index in [-0.39, 0.29) is 17.7 Å². The highest BCUT2D eigenvalue weighted by Gasteiger charge is 2.31. The topological polar surface area (TPSA) is 75.0 Å². The highest BCUT2D eigenvalue weighted by Crippen LogP contribution is 2.15. The molecule has 1 aliphatic heterocycles. The second-order valence-electron chi connectivity index (χ2n) is 7.83. The summed E-state index contributed by atoms with van der Waals surface area (Å²) in [6.07, 6.45) is 1.68. The fourth-order valence-electron chi connectivity index (χ4n) is 3.55. The van der Waals surface area contributed by atoms with Crippen LogP contribution in [0.15, 0.2) is 47.1 Å². The molecule has 1 aromatic carbocycles. The zero-order valence-corrected chi connectivity index (χ0v) is 18.0. The van der Waals surface area contributed by atoms with Crippen molar-refractivity contribution in [2.24, 2.45) is 5.92 Å². The monoisotopic (exact) mass is 413 g/mol. The van der Waals surface area contributed by atoms with Crippen LogP contribution in [0.5, 0.6) is 5.75 Å². The smallest absolute Gasteiger partial charge is 0.251 e. The molecule has 1 fully saturated rings. The largest absolute Gasteiger partial charge is 0.494 e. The normalized spacial score (nSPS) is 15.8. The average Bonchev–Trinajstić information content (AvgIpc) is 3.25. The van der Waals surface area contributed by atoms with Gasteiger partial charge in [-0.15, -0.1) is 0 Å². The molecule has 1 unspecified atom stereocenters. The Bertz CT molecular complexity index is 809. The molecule has 0 radical (unpaired) electrons. The van der Waals surface area contributed by atoms with Crippen molar-refractivity contribution in [2.45, 2.75) is 33.4 Å². The van der Waals surface area contributed by atoms with E-state index < -0.39 is 6.04 Å². The van der Waals surface area contributed by atoms with E-state index in [0.29, 0.717) is 25.3 Å². The molecule has 2 heterocycles. The second kappa shape index (κ2) is 10.3. The second-order valence-corrected chi connectivity index (χ2v) is 7.83. The Labute approximate surface area is 178 Å². The molecule has 0 spiro atoms. The Morgan fingerprint density at radius 3 is 2.37 bits per heavy atom. The number of carbonyl (C=O) groups excluding carboxylic acids is 2. The molecule has 1 aromatic heterocycles. The van der Waals surface area contributed by atoms with Gasteiger partial charge in [-0.1, -0.05) is 13.8 Å². The fourth-order valence-corrected chi connectivity index (χ4v) is 3.55. The first-order valence-corrected chi connectivity index (χ1v) is 10.5. The molecule has 2 amide bonds. The minimum atomic E-state index is -0.555. The Hall–Kier alpha value is -2.80. The molecule has 30 heavy (non-hydrogen) atoms. The van der Waals surface area contributed by atoms with Gasteiger partial charge in [0.25, 0.3) is 5.91 Å². The molecule has 0 bridgehead atoms. The first kappa shape index (κ1) is 21.9. The molecular weight excluding hydrogens is 382 g/mol. The van der Waals surface area contributed by atoms with Gasteiger partial charge in [-0.3, -0.25) is 14.5 Å². The van der Waals surface area contributed by atoms with E-state index >= 15 is 0 Å². The van der Waals surface area contributed by atoms with E-state index in [2.05, 4.69) is 10.2 Å². The number of nitrogens with one attached hydrogen (secondary N) is 1. The van der Waals surface area contributed by atoms with Gasteiger partial charge >= 0.3 is 0 Å². The molecule has 162 valence electrons. The summed E-state index contributed by atoms with van der Waals surface area (Å²) >= 11 is 0. The lowest BCUT2D eigenvalue weighted by molar-refractivity contribution is -0.136. The van der Waals surface area contributed by atoms with Crippen molar-refractivity contribution in [2.75, 3.05) is 32.8 Å². The van der Waals surface area contributed by atoms with Crippen molar-refractivity contribution in [1.29, 1.82) is 0 Å². The molecule has 7 nitrogen and oxygen atoms in total. The van der Waals surface area contributed by atoms with Crippen molar-refractivity contribution < 1.29 is 18.7 Å². The minimum absolute atomic E-state index is 0.00898. The van der Waals surface area contributed by atoms with Crippen LogP contribution in [0.25, 0.3) is 0 Å². The lowest BCUT2D eigenvalue weighted by Gasteiger charge is -2.37. The van der Waals surface area contributed by atoms with Crippen LogP contribution in [0.3, 0.4) is 0 Å². The van der Waals surface area contributed by atoms with Crippen molar-refractivity contribution >= 4 is 11.8 Å². The summed E-state index contributed by atoms with van der Waals surface area (Å²) in [6, 6.07) is 10.3. The van der Waals surface area contributed by atoms with Crippen LogP contribution in [-0.4, -0.2) is 60.4 Å². The van der Waals surface area contributed by atoms with Crippen LogP contribution in [0.4, 0.5) is 0 Å². The van der Waals surface area contributed by atoms with Crippen LogP contribution >= 0.6 is 0 Å². The summed E-state index contributed by atoms with van der Waals surface area (Å²) in [4.78, 5) is 29.9. The lowest BCUT2D eigenvalue weighted by Crippen LogP contribution is -2.56. The van der Waals surface area contributed by atoms with Crippen LogP contribution in [0.2, 0.25) is 0 Å². The maximum Gasteiger partial charge on any atom is 0.251 e. The zero-order chi connectivity index (χ0) is 21.5. The number of furan rings is 1. The van der Waals surface area contributed by atoms with Gasteiger partial charge in [-0.05, 0) is 49.2 Å². The summed E-state index contributed by atoms with van der Waals surface area (Å²) in [5.74, 6) is 1.36. The van der Waals surface area contributed by atoms with E-state index in [1.165, 1.54) is 0 Å². The van der Waals surface area contributed by atoms with Gasteiger partial charge in [-0.25, -0.2) is 0 Å². The van der Waals surface area contributed by atoms with E-state index in [4.69, 9.17) is 9.15 Å². The third-order valence-corrected chi connectivity index (χ3v) is 5.29. The molecule has 0 saturated carbocycles. The molecule has 7 heteroatoms. The van der Waals surface area contributed by atoms with E-state index in [1.54, 1.807) is 30.5 Å².